The molecular weight excluding hydrogens is 1040 g/mol. The van der Waals surface area contributed by atoms with Crippen LogP contribution in [0.15, 0.2) is 44.0 Å². The van der Waals surface area contributed by atoms with E-state index in [-0.39, 0.29) is 97.2 Å². The van der Waals surface area contributed by atoms with Crippen molar-refractivity contribution in [2.24, 2.45) is 9.98 Å². The van der Waals surface area contributed by atoms with Gasteiger partial charge in [-0.15, -0.1) is 0 Å². The fourth-order valence-corrected chi connectivity index (χ4v) is 8.77. The van der Waals surface area contributed by atoms with Gasteiger partial charge in [-0.1, -0.05) is 23.2 Å². The van der Waals surface area contributed by atoms with Crippen LogP contribution in [0.1, 0.15) is 0 Å². The fraction of sp³-hybridized carbons (Fsp3) is 0.250. The molecule has 68 heavy (non-hydrogen) atoms. The molecule has 0 saturated heterocycles. The van der Waals surface area contributed by atoms with Gasteiger partial charge in [-0.2, -0.15) is 63.6 Å². The molecule has 0 aliphatic carbocycles. The average molecular weight is 1070 g/mol. The van der Waals surface area contributed by atoms with Crippen LogP contribution in [0.5, 0.6) is 23.0 Å². The van der Waals surface area contributed by atoms with Gasteiger partial charge in [0.05, 0.1) is 36.1 Å². The maximum absolute atomic E-state index is 13.0. The van der Waals surface area contributed by atoms with Crippen LogP contribution in [-0.4, -0.2) is 143 Å². The topological polar surface area (TPSA) is 451 Å². The van der Waals surface area contributed by atoms with Crippen LogP contribution in [0.2, 0.25) is 10.0 Å². The Morgan fingerprint density at radius 3 is 1.10 bits per heavy atom. The van der Waals surface area contributed by atoms with E-state index in [2.05, 4.69) is 71.8 Å². The average Bonchev–Trinajstić information content (AvgIpc) is 3.23. The van der Waals surface area contributed by atoms with Crippen molar-refractivity contribution in [3.05, 3.63) is 45.0 Å². The highest BCUT2D eigenvalue weighted by molar-refractivity contribution is 7.86. The molecule has 5 aromatic rings. The molecule has 0 atom stereocenters. The van der Waals surface area contributed by atoms with Crippen LogP contribution in [0.3, 0.4) is 0 Å². The number of hydrogen-bond acceptors (Lipinski definition) is 26. The predicted octanol–water partition coefficient (Wildman–Crippen LogP) is 0.866. The van der Waals surface area contributed by atoms with Crippen molar-refractivity contribution in [2.45, 2.75) is 9.79 Å². The highest BCUT2D eigenvalue weighted by Crippen LogP contribution is 2.49. The highest BCUT2D eigenvalue weighted by Gasteiger charge is 2.35. The Kier molecular flexibility index (Phi) is 14.2. The summed E-state index contributed by atoms with van der Waals surface area (Å²) in [6.45, 7) is -1.60. The maximum atomic E-state index is 13.0. The first-order valence-electron chi connectivity index (χ1n) is 18.7. The third kappa shape index (κ3) is 11.6. The van der Waals surface area contributed by atoms with E-state index in [1.807, 2.05) is 0 Å². The molecule has 0 bridgehead atoms. The molecular formula is C32H32Cl2N14O16S4. The summed E-state index contributed by atoms with van der Waals surface area (Å²) in [4.78, 5) is 31.3. The number of rotatable bonds is 20. The Morgan fingerprint density at radius 1 is 0.471 bits per heavy atom. The molecule has 30 nitrogen and oxygen atoms in total. The molecule has 364 valence electrons. The summed E-state index contributed by atoms with van der Waals surface area (Å²) in [5.41, 5.74) is -1.34. The van der Waals surface area contributed by atoms with Crippen LogP contribution in [0, 0.1) is 0 Å². The molecule has 3 aromatic carbocycles. The Labute approximate surface area is 392 Å². The molecule has 0 saturated carbocycles. The van der Waals surface area contributed by atoms with Gasteiger partial charge in [0.15, 0.2) is 32.8 Å². The molecule has 0 unspecified atom stereocenters. The van der Waals surface area contributed by atoms with E-state index >= 15 is 0 Å². The number of nitrogens with zero attached hydrogens (tertiary/aromatic N) is 8. The van der Waals surface area contributed by atoms with E-state index in [1.54, 1.807) is 0 Å². The standard InChI is InChI=1S/C32H32Cl2N14O16S4/c33-17-19-23(63-21-13(39-19)1-3-15(25(21)67(57,58)59)41-31-45-27(35-5-9-49)43-29(47-31)37-7-11-65(51,52)53)18(34)20-24(17)64-22-14(40-20)2-4-16(26(22)68(60,61)62)42-32-46-28(36-6-10-50)44-30(48-32)38-8-12-66(54,55)56/h1-4,49-50H,5-12H2,(H,51,52,53)(H,54,55,56)(H,57,58,59)(H,60,61,62)(H3,35,37,41,43,45,47)(H3,36,38,42,44,46,48). The Hall–Kier alpha value is -6.18. The zero-order valence-corrected chi connectivity index (χ0v) is 38.5. The normalized spacial score (nSPS) is 12.9. The van der Waals surface area contributed by atoms with Gasteiger partial charge in [0.25, 0.3) is 40.5 Å². The van der Waals surface area contributed by atoms with E-state index in [4.69, 9.17) is 41.8 Å². The first-order valence-corrected chi connectivity index (χ1v) is 25.5. The summed E-state index contributed by atoms with van der Waals surface area (Å²) in [5.74, 6) is -5.20. The van der Waals surface area contributed by atoms with Crippen molar-refractivity contribution >= 4 is 122 Å². The third-order valence-electron chi connectivity index (χ3n) is 8.66. The Morgan fingerprint density at radius 2 is 0.794 bits per heavy atom. The van der Waals surface area contributed by atoms with Crippen molar-refractivity contribution in [2.75, 3.05) is 82.8 Å². The van der Waals surface area contributed by atoms with Gasteiger partial charge >= 0.3 is 0 Å². The van der Waals surface area contributed by atoms with Gasteiger partial charge in [-0.3, -0.25) is 18.2 Å². The highest BCUT2D eigenvalue weighted by atomic mass is 35.5. The second-order valence-corrected chi connectivity index (χ2v) is 20.1. The lowest BCUT2D eigenvalue weighted by Gasteiger charge is -2.23. The lowest BCUT2D eigenvalue weighted by atomic mass is 10.2. The quantitative estimate of drug-likeness (QED) is 0.0471. The SMILES string of the molecule is O=S(=O)(O)CCNc1nc(NCCO)nc(Nc2ccc3c(c2S(=O)(=O)O)Oc2c(Cl)c4c(c(Cl)c2=N3)Oc2c(ccc(Nc3nc(NCCO)nc(NCCS(=O)(=O)O)n3)c2S(=O)(=O)O)N=4)n1. The van der Waals surface area contributed by atoms with Crippen LogP contribution < -0.4 is 52.1 Å². The number of anilines is 8. The predicted molar refractivity (Wildman–Crippen MR) is 238 cm³/mol. The number of halogens is 2. The summed E-state index contributed by atoms with van der Waals surface area (Å²) in [6.07, 6.45) is 0. The van der Waals surface area contributed by atoms with E-state index in [1.165, 1.54) is 12.1 Å². The number of ether oxygens (including phenoxy) is 2. The molecule has 0 fully saturated rings. The smallest absolute Gasteiger partial charge is 0.300 e. The van der Waals surface area contributed by atoms with E-state index in [0.29, 0.717) is 0 Å². The number of aliphatic hydroxyl groups is 2. The lowest BCUT2D eigenvalue weighted by Crippen LogP contribution is -2.23. The summed E-state index contributed by atoms with van der Waals surface area (Å²) in [6, 6.07) is 4.67. The minimum atomic E-state index is -5.26. The molecule has 0 radical (unpaired) electrons. The Balaban J connectivity index is 1.27. The van der Waals surface area contributed by atoms with Crippen molar-refractivity contribution in [1.82, 2.24) is 29.9 Å². The number of hydrogen-bond donors (Lipinski definition) is 12. The number of nitrogens with one attached hydrogen (secondary N) is 6. The van der Waals surface area contributed by atoms with Gasteiger partial charge in [-0.25, -0.2) is 9.98 Å². The first kappa shape index (κ1) is 49.7. The van der Waals surface area contributed by atoms with Crippen molar-refractivity contribution in [1.29, 1.82) is 0 Å². The van der Waals surface area contributed by atoms with Gasteiger partial charge in [-0.05, 0) is 24.3 Å². The minimum Gasteiger partial charge on any atom is -0.450 e. The van der Waals surface area contributed by atoms with Crippen LogP contribution in [0.4, 0.5) is 58.4 Å². The number of benzene rings is 3. The van der Waals surface area contributed by atoms with E-state index in [0.717, 1.165) is 12.1 Å². The third-order valence-corrected chi connectivity index (χ3v) is 12.6. The van der Waals surface area contributed by atoms with Crippen LogP contribution >= 0.6 is 23.2 Å². The van der Waals surface area contributed by atoms with Crippen molar-refractivity contribution < 1.29 is 71.6 Å². The van der Waals surface area contributed by atoms with E-state index < -0.39 is 106 Å². The van der Waals surface area contributed by atoms with E-state index in [9.17, 15) is 53.0 Å². The second kappa shape index (κ2) is 19.4. The lowest BCUT2D eigenvalue weighted by molar-refractivity contribution is 0.310. The number of fused-ring (bicyclic) bond motifs is 4. The molecule has 0 amide bonds. The van der Waals surface area contributed by atoms with Crippen molar-refractivity contribution in [3.63, 3.8) is 0 Å². The zero-order valence-electron chi connectivity index (χ0n) is 33.7. The summed E-state index contributed by atoms with van der Waals surface area (Å²) in [5, 5.41) is 32.8. The Bertz CT molecular complexity index is 3230. The van der Waals surface area contributed by atoms with Crippen LogP contribution in [0.25, 0.3) is 0 Å². The van der Waals surface area contributed by atoms with Crippen LogP contribution in [-0.2, 0) is 40.5 Å². The molecule has 12 N–H and O–H groups in total. The first-order chi connectivity index (χ1) is 31.9. The van der Waals surface area contributed by atoms with Gasteiger partial charge < -0.3 is 51.6 Å². The van der Waals surface area contributed by atoms with Crippen molar-refractivity contribution in [3.8, 4) is 23.0 Å². The molecule has 36 heteroatoms. The fourth-order valence-electron chi connectivity index (χ4n) is 5.98. The zero-order chi connectivity index (χ0) is 49.3. The maximum Gasteiger partial charge on any atom is 0.300 e. The molecule has 2 aliphatic rings. The molecule has 0 spiro atoms. The largest absolute Gasteiger partial charge is 0.450 e. The molecule has 2 aromatic heterocycles. The molecule has 2 aliphatic heterocycles. The minimum absolute atomic E-state index is 0.0618. The number of aliphatic hydroxyl groups excluding tert-OH is 2. The number of aromatic nitrogens is 6. The second-order valence-electron chi connectivity index (χ2n) is 13.5. The van der Waals surface area contributed by atoms with Gasteiger partial charge in [0, 0.05) is 26.2 Å². The summed E-state index contributed by atoms with van der Waals surface area (Å²) < 4.78 is 148. The monoisotopic (exact) mass is 1070 g/mol. The summed E-state index contributed by atoms with van der Waals surface area (Å²) >= 11 is 13.6. The van der Waals surface area contributed by atoms with Gasteiger partial charge in [0.2, 0.25) is 35.7 Å². The molecule has 7 rings (SSSR count). The van der Waals surface area contributed by atoms with Gasteiger partial charge in [0.1, 0.15) is 32.1 Å². The summed E-state index contributed by atoms with van der Waals surface area (Å²) in [7, 11) is -19.3. The molecule has 4 heterocycles.